The molecule has 0 aromatic heterocycles. The lowest BCUT2D eigenvalue weighted by Crippen LogP contribution is -2.43. The molecule has 0 aromatic rings. The van der Waals surface area contributed by atoms with E-state index in [0.29, 0.717) is 0 Å². The predicted molar refractivity (Wildman–Crippen MR) is 55.5 cm³/mol. The maximum absolute atomic E-state index is 11.3. The van der Waals surface area contributed by atoms with Crippen LogP contribution in [0.3, 0.4) is 0 Å². The second kappa shape index (κ2) is 5.70. The van der Waals surface area contributed by atoms with Gasteiger partial charge >= 0.3 is 6.09 Å². The van der Waals surface area contributed by atoms with Gasteiger partial charge in [0.25, 0.3) is 0 Å². The molecule has 5 nitrogen and oxygen atoms in total. The highest BCUT2D eigenvalue weighted by Crippen LogP contribution is 2.07. The lowest BCUT2D eigenvalue weighted by Gasteiger charge is -2.22. The predicted octanol–water partition coefficient (Wildman–Crippen LogP) is 0.851. The van der Waals surface area contributed by atoms with Crippen molar-refractivity contribution in [2.75, 3.05) is 6.61 Å². The summed E-state index contributed by atoms with van der Waals surface area (Å²) in [6.45, 7) is 6.42. The Hall–Kier alpha value is -1.10. The molecule has 0 fully saturated rings. The van der Waals surface area contributed by atoms with E-state index in [4.69, 9.17) is 9.84 Å². The normalized spacial score (nSPS) is 13.1. The van der Waals surface area contributed by atoms with Gasteiger partial charge in [-0.25, -0.2) is 4.79 Å². The Morgan fingerprint density at radius 1 is 1.40 bits per heavy atom. The van der Waals surface area contributed by atoms with E-state index in [9.17, 15) is 9.59 Å². The molecule has 0 saturated carbocycles. The molecule has 0 rings (SSSR count). The maximum atomic E-state index is 11.3. The van der Waals surface area contributed by atoms with Crippen molar-refractivity contribution in [1.82, 2.24) is 5.32 Å². The van der Waals surface area contributed by atoms with E-state index in [1.165, 1.54) is 6.92 Å². The first-order valence-electron chi connectivity index (χ1n) is 4.87. The minimum atomic E-state index is -0.676. The van der Waals surface area contributed by atoms with E-state index < -0.39 is 17.7 Å². The summed E-state index contributed by atoms with van der Waals surface area (Å²) < 4.78 is 4.98. The molecule has 0 aliphatic heterocycles. The van der Waals surface area contributed by atoms with Crippen LogP contribution >= 0.6 is 0 Å². The summed E-state index contributed by atoms with van der Waals surface area (Å²) >= 11 is 0. The Morgan fingerprint density at radius 2 is 1.93 bits per heavy atom. The number of aliphatic hydroxyl groups is 1. The van der Waals surface area contributed by atoms with E-state index in [1.54, 1.807) is 20.8 Å². The van der Waals surface area contributed by atoms with Gasteiger partial charge in [-0.05, 0) is 34.1 Å². The van der Waals surface area contributed by atoms with Gasteiger partial charge < -0.3 is 15.2 Å². The van der Waals surface area contributed by atoms with Crippen LogP contribution in [-0.4, -0.2) is 35.2 Å². The van der Waals surface area contributed by atoms with Crippen molar-refractivity contribution in [3.63, 3.8) is 0 Å². The molecular weight excluding hydrogens is 198 g/mol. The van der Waals surface area contributed by atoms with Crippen molar-refractivity contribution in [3.8, 4) is 0 Å². The minimum Gasteiger partial charge on any atom is -0.444 e. The van der Waals surface area contributed by atoms with Crippen LogP contribution in [-0.2, 0) is 9.53 Å². The van der Waals surface area contributed by atoms with Gasteiger partial charge in [-0.15, -0.1) is 0 Å². The Balaban J connectivity index is 4.18. The smallest absolute Gasteiger partial charge is 0.408 e. The fraction of sp³-hybridized carbons (Fsp3) is 0.800. The molecule has 15 heavy (non-hydrogen) atoms. The third-order valence-electron chi connectivity index (χ3n) is 1.60. The zero-order chi connectivity index (χ0) is 12.1. The van der Waals surface area contributed by atoms with Crippen molar-refractivity contribution in [3.05, 3.63) is 0 Å². The number of carbonyl (C=O) groups excluding carboxylic acids is 2. The van der Waals surface area contributed by atoms with Gasteiger partial charge in [0.2, 0.25) is 0 Å². The molecule has 0 spiro atoms. The van der Waals surface area contributed by atoms with Crippen LogP contribution in [0.15, 0.2) is 0 Å². The third-order valence-corrected chi connectivity index (χ3v) is 1.60. The average molecular weight is 217 g/mol. The average Bonchev–Trinajstić information content (AvgIpc) is 1.99. The summed E-state index contributed by atoms with van der Waals surface area (Å²) in [4.78, 5) is 22.3. The van der Waals surface area contributed by atoms with E-state index in [1.807, 2.05) is 0 Å². The highest BCUT2D eigenvalue weighted by atomic mass is 16.6. The van der Waals surface area contributed by atoms with Crippen molar-refractivity contribution in [2.45, 2.75) is 45.8 Å². The molecule has 0 aliphatic carbocycles. The Labute approximate surface area is 89.8 Å². The fourth-order valence-electron chi connectivity index (χ4n) is 0.956. The number of ether oxygens (including phenoxy) is 1. The first-order chi connectivity index (χ1) is 6.76. The van der Waals surface area contributed by atoms with Gasteiger partial charge in [0.1, 0.15) is 5.60 Å². The van der Waals surface area contributed by atoms with Crippen LogP contribution in [0.2, 0.25) is 0 Å². The summed E-state index contributed by atoms with van der Waals surface area (Å²) in [5, 5.41) is 11.1. The molecule has 0 unspecified atom stereocenters. The highest BCUT2D eigenvalue weighted by Gasteiger charge is 2.21. The summed E-state index contributed by atoms with van der Waals surface area (Å²) in [5.74, 6) is -0.199. The van der Waals surface area contributed by atoms with Gasteiger partial charge in [0, 0.05) is 6.61 Å². The number of hydrogen-bond acceptors (Lipinski definition) is 4. The standard InChI is InChI=1S/C10H19NO4/c1-7(13)8(5-6-12)11-9(14)15-10(2,3)4/h8,12H,5-6H2,1-4H3,(H,11,14)/t8-/m0/s1. The second-order valence-electron chi connectivity index (χ2n) is 4.32. The number of alkyl carbamates (subject to hydrolysis) is 1. The van der Waals surface area contributed by atoms with Crippen molar-refractivity contribution in [2.24, 2.45) is 0 Å². The van der Waals surface area contributed by atoms with Gasteiger partial charge in [-0.3, -0.25) is 4.79 Å². The number of carbonyl (C=O) groups is 2. The van der Waals surface area contributed by atoms with E-state index in [2.05, 4.69) is 5.32 Å². The molecule has 0 radical (unpaired) electrons. The largest absolute Gasteiger partial charge is 0.444 e. The van der Waals surface area contributed by atoms with Gasteiger partial charge in [0.05, 0.1) is 6.04 Å². The van der Waals surface area contributed by atoms with Crippen LogP contribution in [0, 0.1) is 0 Å². The van der Waals surface area contributed by atoms with Crippen molar-refractivity contribution < 1.29 is 19.4 Å². The first kappa shape index (κ1) is 13.9. The molecule has 2 N–H and O–H groups in total. The molecule has 0 aliphatic rings. The highest BCUT2D eigenvalue weighted by molar-refractivity contribution is 5.85. The molecule has 0 aromatic carbocycles. The van der Waals surface area contributed by atoms with Crippen LogP contribution < -0.4 is 5.32 Å². The molecule has 88 valence electrons. The molecule has 5 heteroatoms. The molecular formula is C10H19NO4. The summed E-state index contributed by atoms with van der Waals surface area (Å²) in [6.07, 6.45) is -0.440. The number of Topliss-reactive ketones (excluding diaryl/α,β-unsaturated/α-hetero) is 1. The van der Waals surface area contributed by atoms with Crippen molar-refractivity contribution in [1.29, 1.82) is 0 Å². The zero-order valence-corrected chi connectivity index (χ0v) is 9.66. The molecule has 1 amide bonds. The van der Waals surface area contributed by atoms with Crippen LogP contribution in [0.1, 0.15) is 34.1 Å². The van der Waals surface area contributed by atoms with Crippen LogP contribution in [0.5, 0.6) is 0 Å². The van der Waals surface area contributed by atoms with Crippen LogP contribution in [0.4, 0.5) is 4.79 Å². The van der Waals surface area contributed by atoms with E-state index in [0.717, 1.165) is 0 Å². The quantitative estimate of drug-likeness (QED) is 0.732. The zero-order valence-electron chi connectivity index (χ0n) is 9.66. The third kappa shape index (κ3) is 6.90. The van der Waals surface area contributed by atoms with Gasteiger partial charge in [-0.2, -0.15) is 0 Å². The maximum Gasteiger partial charge on any atom is 0.408 e. The first-order valence-corrected chi connectivity index (χ1v) is 4.87. The molecule has 1 atom stereocenters. The van der Waals surface area contributed by atoms with Gasteiger partial charge in [-0.1, -0.05) is 0 Å². The summed E-state index contributed by atoms with van der Waals surface area (Å²) in [6, 6.07) is -0.676. The van der Waals surface area contributed by atoms with E-state index in [-0.39, 0.29) is 18.8 Å². The molecule has 0 bridgehead atoms. The minimum absolute atomic E-state index is 0.153. The lowest BCUT2D eigenvalue weighted by atomic mass is 10.1. The number of ketones is 1. The Morgan fingerprint density at radius 3 is 2.27 bits per heavy atom. The Kier molecular flexibility index (Phi) is 5.28. The molecule has 0 saturated heterocycles. The molecule has 0 heterocycles. The van der Waals surface area contributed by atoms with Gasteiger partial charge in [0.15, 0.2) is 5.78 Å². The summed E-state index contributed by atoms with van der Waals surface area (Å²) in [7, 11) is 0. The lowest BCUT2D eigenvalue weighted by molar-refractivity contribution is -0.119. The fourth-order valence-corrected chi connectivity index (χ4v) is 0.956. The second-order valence-corrected chi connectivity index (χ2v) is 4.32. The topological polar surface area (TPSA) is 75.6 Å². The number of rotatable bonds is 4. The summed E-state index contributed by atoms with van der Waals surface area (Å²) in [5.41, 5.74) is -0.593. The number of amides is 1. The van der Waals surface area contributed by atoms with Crippen molar-refractivity contribution >= 4 is 11.9 Å². The Bertz CT molecular complexity index is 232. The van der Waals surface area contributed by atoms with Crippen LogP contribution in [0.25, 0.3) is 0 Å². The van der Waals surface area contributed by atoms with E-state index >= 15 is 0 Å². The number of hydrogen-bond donors (Lipinski definition) is 2. The number of nitrogens with one attached hydrogen (secondary N) is 1. The number of aliphatic hydroxyl groups excluding tert-OH is 1. The monoisotopic (exact) mass is 217 g/mol. The SMILES string of the molecule is CC(=O)[C@H](CCO)NC(=O)OC(C)(C)C.